The van der Waals surface area contributed by atoms with Crippen LogP contribution in [0.25, 0.3) is 0 Å². The van der Waals surface area contributed by atoms with Gasteiger partial charge in [0.1, 0.15) is 0 Å². The summed E-state index contributed by atoms with van der Waals surface area (Å²) < 4.78 is 11.1. The molecular weight excluding hydrogens is 286 g/mol. The van der Waals surface area contributed by atoms with Gasteiger partial charge in [0, 0.05) is 50.1 Å². The fraction of sp³-hybridized carbons (Fsp3) is 0.600. The number of benzene rings is 1. The van der Waals surface area contributed by atoms with Gasteiger partial charge >= 0.3 is 0 Å². The molecule has 0 radical (unpaired) electrons. The molecule has 0 N–H and O–H groups in total. The van der Waals surface area contributed by atoms with E-state index in [1.165, 1.54) is 0 Å². The molecule has 22 heavy (non-hydrogen) atoms. The highest BCUT2D eigenvalue weighted by Crippen LogP contribution is 2.31. The SMILES string of the molecule is COCc1cc([N+](=O)[O-])ccc1N1CC2OCCN(C)C2C1. The van der Waals surface area contributed by atoms with Gasteiger partial charge < -0.3 is 14.4 Å². The maximum atomic E-state index is 11.0. The fourth-order valence-electron chi connectivity index (χ4n) is 3.32. The minimum absolute atomic E-state index is 0.0979. The molecule has 7 nitrogen and oxygen atoms in total. The highest BCUT2D eigenvalue weighted by Gasteiger charge is 2.39. The summed E-state index contributed by atoms with van der Waals surface area (Å²) in [4.78, 5) is 15.2. The van der Waals surface area contributed by atoms with Crippen LogP contribution in [-0.4, -0.2) is 62.4 Å². The topological polar surface area (TPSA) is 68.1 Å². The van der Waals surface area contributed by atoms with Crippen molar-refractivity contribution in [2.75, 3.05) is 45.3 Å². The zero-order valence-electron chi connectivity index (χ0n) is 12.9. The molecule has 120 valence electrons. The number of hydrogen-bond acceptors (Lipinski definition) is 6. The number of likely N-dealkylation sites (N-methyl/N-ethyl adjacent to an activating group) is 1. The number of methoxy groups -OCH3 is 1. The van der Waals surface area contributed by atoms with Crippen molar-refractivity contribution in [3.8, 4) is 0 Å². The van der Waals surface area contributed by atoms with Crippen LogP contribution in [0.3, 0.4) is 0 Å². The lowest BCUT2D eigenvalue weighted by Crippen LogP contribution is -2.48. The van der Waals surface area contributed by atoms with E-state index in [1.807, 2.05) is 6.07 Å². The second-order valence-corrected chi connectivity index (χ2v) is 5.87. The molecule has 7 heteroatoms. The molecular formula is C15H21N3O4. The third-order valence-electron chi connectivity index (χ3n) is 4.49. The zero-order valence-corrected chi connectivity index (χ0v) is 12.9. The Balaban J connectivity index is 1.86. The van der Waals surface area contributed by atoms with Crippen molar-refractivity contribution in [3.63, 3.8) is 0 Å². The quantitative estimate of drug-likeness (QED) is 0.616. The van der Waals surface area contributed by atoms with Gasteiger partial charge in [0.15, 0.2) is 0 Å². The van der Waals surface area contributed by atoms with Crippen molar-refractivity contribution in [1.29, 1.82) is 0 Å². The normalized spacial score (nSPS) is 25.3. The van der Waals surface area contributed by atoms with E-state index in [9.17, 15) is 10.1 Å². The van der Waals surface area contributed by atoms with Crippen LogP contribution in [0.15, 0.2) is 18.2 Å². The number of rotatable bonds is 4. The van der Waals surface area contributed by atoms with Crippen molar-refractivity contribution < 1.29 is 14.4 Å². The number of morpholine rings is 1. The second-order valence-electron chi connectivity index (χ2n) is 5.87. The van der Waals surface area contributed by atoms with Crippen LogP contribution in [0.4, 0.5) is 11.4 Å². The van der Waals surface area contributed by atoms with Crippen LogP contribution in [0.1, 0.15) is 5.56 Å². The Kier molecular flexibility index (Phi) is 4.28. The molecule has 2 heterocycles. The van der Waals surface area contributed by atoms with Crippen molar-refractivity contribution in [1.82, 2.24) is 4.90 Å². The molecule has 0 amide bonds. The number of nitro groups is 1. The average molecular weight is 307 g/mol. The Labute approximate surface area is 129 Å². The lowest BCUT2D eigenvalue weighted by molar-refractivity contribution is -0.384. The molecule has 2 atom stereocenters. The van der Waals surface area contributed by atoms with E-state index < -0.39 is 0 Å². The number of ether oxygens (including phenoxy) is 2. The highest BCUT2D eigenvalue weighted by molar-refractivity contribution is 5.59. The first-order chi connectivity index (χ1) is 10.6. The van der Waals surface area contributed by atoms with Gasteiger partial charge in [-0.15, -0.1) is 0 Å². The fourth-order valence-corrected chi connectivity index (χ4v) is 3.32. The number of non-ortho nitro benzene ring substituents is 1. The highest BCUT2D eigenvalue weighted by atomic mass is 16.6. The van der Waals surface area contributed by atoms with Crippen LogP contribution in [0.5, 0.6) is 0 Å². The molecule has 1 aromatic carbocycles. The van der Waals surface area contributed by atoms with Crippen LogP contribution >= 0.6 is 0 Å². The minimum Gasteiger partial charge on any atom is -0.380 e. The first-order valence-electron chi connectivity index (χ1n) is 7.43. The van der Waals surface area contributed by atoms with Gasteiger partial charge in [0.05, 0.1) is 30.3 Å². The third kappa shape index (κ3) is 2.79. The second kappa shape index (κ2) is 6.20. The molecule has 2 fully saturated rings. The monoisotopic (exact) mass is 307 g/mol. The lowest BCUT2D eigenvalue weighted by atomic mass is 10.1. The Morgan fingerprint density at radius 2 is 2.27 bits per heavy atom. The van der Waals surface area contributed by atoms with Gasteiger partial charge in [0.2, 0.25) is 0 Å². The van der Waals surface area contributed by atoms with E-state index in [0.29, 0.717) is 12.6 Å². The van der Waals surface area contributed by atoms with Crippen molar-refractivity contribution in [2.24, 2.45) is 0 Å². The largest absolute Gasteiger partial charge is 0.380 e. The average Bonchev–Trinajstić information content (AvgIpc) is 2.93. The van der Waals surface area contributed by atoms with Gasteiger partial charge in [-0.25, -0.2) is 0 Å². The van der Waals surface area contributed by atoms with Crippen molar-refractivity contribution in [3.05, 3.63) is 33.9 Å². The van der Waals surface area contributed by atoms with Gasteiger partial charge in [-0.1, -0.05) is 0 Å². The van der Waals surface area contributed by atoms with E-state index in [4.69, 9.17) is 9.47 Å². The molecule has 0 aliphatic carbocycles. The standard InChI is InChI=1S/C15H21N3O4/c1-16-5-6-22-15-9-17(8-14(15)16)13-4-3-12(18(19)20)7-11(13)10-21-2/h3-4,7,14-15H,5-6,8-10H2,1-2H3. The Morgan fingerprint density at radius 3 is 2.95 bits per heavy atom. The van der Waals surface area contributed by atoms with E-state index in [-0.39, 0.29) is 16.7 Å². The molecule has 0 bridgehead atoms. The third-order valence-corrected chi connectivity index (χ3v) is 4.49. The summed E-state index contributed by atoms with van der Waals surface area (Å²) in [6.45, 7) is 3.75. The number of nitro benzene ring substituents is 1. The molecule has 0 aromatic heterocycles. The molecule has 0 spiro atoms. The number of fused-ring (bicyclic) bond motifs is 1. The summed E-state index contributed by atoms with van der Waals surface area (Å²) >= 11 is 0. The first-order valence-corrected chi connectivity index (χ1v) is 7.43. The molecule has 3 rings (SSSR count). The summed E-state index contributed by atoms with van der Waals surface area (Å²) in [6.07, 6.45) is 0.198. The van der Waals surface area contributed by atoms with Gasteiger partial charge in [-0.05, 0) is 13.1 Å². The maximum Gasteiger partial charge on any atom is 0.269 e. The van der Waals surface area contributed by atoms with Crippen molar-refractivity contribution >= 4 is 11.4 Å². The van der Waals surface area contributed by atoms with Crippen molar-refractivity contribution in [2.45, 2.75) is 18.8 Å². The van der Waals surface area contributed by atoms with Crippen LogP contribution in [-0.2, 0) is 16.1 Å². The summed E-state index contributed by atoms with van der Waals surface area (Å²) in [5.74, 6) is 0. The van der Waals surface area contributed by atoms with Crippen LogP contribution < -0.4 is 4.90 Å². The van der Waals surface area contributed by atoms with E-state index in [0.717, 1.165) is 37.5 Å². The maximum absolute atomic E-state index is 11.0. The molecule has 0 saturated carbocycles. The Hall–Kier alpha value is -1.70. The Morgan fingerprint density at radius 1 is 1.45 bits per heavy atom. The zero-order chi connectivity index (χ0) is 15.7. The first kappa shape index (κ1) is 15.2. The lowest BCUT2D eigenvalue weighted by Gasteiger charge is -2.33. The molecule has 2 aliphatic heterocycles. The molecule has 2 unspecified atom stereocenters. The summed E-state index contributed by atoms with van der Waals surface area (Å²) in [5.41, 5.74) is 1.94. The number of nitrogens with zero attached hydrogens (tertiary/aromatic N) is 3. The predicted molar refractivity (Wildman–Crippen MR) is 82.2 cm³/mol. The smallest absolute Gasteiger partial charge is 0.269 e. The minimum atomic E-state index is -0.371. The van der Waals surface area contributed by atoms with Crippen LogP contribution in [0.2, 0.25) is 0 Å². The van der Waals surface area contributed by atoms with Gasteiger partial charge in [-0.3, -0.25) is 15.0 Å². The molecule has 2 saturated heterocycles. The van der Waals surface area contributed by atoms with Gasteiger partial charge in [0.25, 0.3) is 5.69 Å². The van der Waals surface area contributed by atoms with E-state index in [1.54, 1.807) is 19.2 Å². The Bertz CT molecular complexity index is 566. The number of anilines is 1. The summed E-state index contributed by atoms with van der Waals surface area (Å²) in [6, 6.07) is 5.36. The van der Waals surface area contributed by atoms with Crippen LogP contribution in [0, 0.1) is 10.1 Å². The molecule has 2 aliphatic rings. The van der Waals surface area contributed by atoms with Gasteiger partial charge in [-0.2, -0.15) is 0 Å². The van der Waals surface area contributed by atoms with E-state index >= 15 is 0 Å². The summed E-state index contributed by atoms with van der Waals surface area (Å²) in [5, 5.41) is 11.0. The predicted octanol–water partition coefficient (Wildman–Crippen LogP) is 1.26. The summed E-state index contributed by atoms with van der Waals surface area (Å²) in [7, 11) is 3.72. The number of hydrogen-bond donors (Lipinski definition) is 0. The molecule has 1 aromatic rings. The van der Waals surface area contributed by atoms with E-state index in [2.05, 4.69) is 16.8 Å².